The maximum atomic E-state index is 11.5. The van der Waals surface area contributed by atoms with Gasteiger partial charge in [-0.05, 0) is 35.7 Å². The van der Waals surface area contributed by atoms with Gasteiger partial charge in [0, 0.05) is 27.2 Å². The number of carboxylic acids is 1. The summed E-state index contributed by atoms with van der Waals surface area (Å²) in [7, 11) is 0. The normalized spacial score (nSPS) is 12.4. The number of nitrogens with zero attached hydrogens (tertiary/aromatic N) is 1. The van der Waals surface area contributed by atoms with E-state index in [2.05, 4.69) is 10.3 Å². The SMILES string of the molecule is N[S+]([O-])c1cccc(Nc2nc3cc(C(=O)O)ccc3c3sccc23)c1. The Kier molecular flexibility index (Phi) is 4.25. The average Bonchev–Trinajstić information content (AvgIpc) is 3.12. The summed E-state index contributed by atoms with van der Waals surface area (Å²) >= 11 is -0.00305. The lowest BCUT2D eigenvalue weighted by Gasteiger charge is -2.11. The molecule has 8 heteroatoms. The van der Waals surface area contributed by atoms with Crippen LogP contribution in [-0.2, 0) is 11.4 Å². The van der Waals surface area contributed by atoms with Crippen LogP contribution in [0.15, 0.2) is 58.8 Å². The van der Waals surface area contributed by atoms with E-state index in [0.717, 1.165) is 15.5 Å². The fourth-order valence-electron chi connectivity index (χ4n) is 2.77. The molecule has 2 aromatic carbocycles. The molecular weight excluding hydrogens is 370 g/mol. The summed E-state index contributed by atoms with van der Waals surface area (Å²) in [5.74, 6) is -0.385. The van der Waals surface area contributed by atoms with Crippen molar-refractivity contribution in [2.75, 3.05) is 5.32 Å². The summed E-state index contributed by atoms with van der Waals surface area (Å²) in [4.78, 5) is 16.4. The monoisotopic (exact) mass is 383 g/mol. The molecule has 0 aliphatic carbocycles. The Labute approximate surface area is 155 Å². The summed E-state index contributed by atoms with van der Waals surface area (Å²) in [5.41, 5.74) is 1.49. The first-order valence-corrected chi connectivity index (χ1v) is 9.70. The van der Waals surface area contributed by atoms with Crippen LogP contribution < -0.4 is 10.5 Å². The zero-order valence-corrected chi connectivity index (χ0v) is 14.9. The van der Waals surface area contributed by atoms with Crippen molar-refractivity contribution >= 4 is 61.2 Å². The van der Waals surface area contributed by atoms with Crippen molar-refractivity contribution in [1.82, 2.24) is 4.98 Å². The number of rotatable bonds is 4. The Morgan fingerprint density at radius 3 is 2.81 bits per heavy atom. The number of thiophene rings is 1. The summed E-state index contributed by atoms with van der Waals surface area (Å²) in [5, 5.41) is 21.7. The van der Waals surface area contributed by atoms with Gasteiger partial charge in [0.25, 0.3) is 0 Å². The Morgan fingerprint density at radius 2 is 2.04 bits per heavy atom. The van der Waals surface area contributed by atoms with Gasteiger partial charge in [-0.15, -0.1) is 16.5 Å². The number of benzene rings is 2. The van der Waals surface area contributed by atoms with Gasteiger partial charge < -0.3 is 15.0 Å². The average molecular weight is 383 g/mol. The van der Waals surface area contributed by atoms with Crippen molar-refractivity contribution in [2.45, 2.75) is 4.90 Å². The van der Waals surface area contributed by atoms with Gasteiger partial charge in [-0.3, -0.25) is 0 Å². The lowest BCUT2D eigenvalue weighted by Crippen LogP contribution is -2.12. The molecule has 130 valence electrons. The maximum Gasteiger partial charge on any atom is 0.335 e. The van der Waals surface area contributed by atoms with Crippen molar-refractivity contribution in [3.63, 3.8) is 0 Å². The highest BCUT2D eigenvalue weighted by Crippen LogP contribution is 2.35. The first-order chi connectivity index (χ1) is 12.5. The van der Waals surface area contributed by atoms with Gasteiger partial charge in [0.05, 0.1) is 22.4 Å². The number of anilines is 2. The number of carboxylic acid groups (broad SMARTS) is 1. The smallest absolute Gasteiger partial charge is 0.335 e. The lowest BCUT2D eigenvalue weighted by atomic mass is 10.1. The number of fused-ring (bicyclic) bond motifs is 3. The summed E-state index contributed by atoms with van der Waals surface area (Å²) < 4.78 is 12.5. The van der Waals surface area contributed by atoms with Gasteiger partial charge in [0.2, 0.25) is 0 Å². The predicted molar refractivity (Wildman–Crippen MR) is 104 cm³/mol. The van der Waals surface area contributed by atoms with Gasteiger partial charge in [-0.2, -0.15) is 0 Å². The molecule has 4 aromatic rings. The van der Waals surface area contributed by atoms with E-state index in [4.69, 9.17) is 5.14 Å². The van der Waals surface area contributed by atoms with Crippen LogP contribution in [0.5, 0.6) is 0 Å². The third-order valence-electron chi connectivity index (χ3n) is 3.97. The number of carbonyl (C=O) groups is 1. The molecule has 4 rings (SSSR count). The molecule has 1 unspecified atom stereocenters. The minimum absolute atomic E-state index is 0.187. The lowest BCUT2D eigenvalue weighted by molar-refractivity contribution is 0.0697. The molecule has 0 saturated heterocycles. The molecule has 0 bridgehead atoms. The maximum absolute atomic E-state index is 11.5. The number of aromatic carboxylic acids is 1. The second-order valence-corrected chi connectivity index (χ2v) is 7.59. The van der Waals surface area contributed by atoms with E-state index in [1.54, 1.807) is 47.7 Å². The minimum atomic E-state index is -1.57. The second-order valence-electron chi connectivity index (χ2n) is 5.61. The molecule has 26 heavy (non-hydrogen) atoms. The number of aromatic nitrogens is 1. The molecule has 0 radical (unpaired) electrons. The predicted octanol–water partition coefficient (Wildman–Crippen LogP) is 3.87. The second kappa shape index (κ2) is 6.58. The van der Waals surface area contributed by atoms with Crippen molar-refractivity contribution in [2.24, 2.45) is 5.14 Å². The molecule has 1 atom stereocenters. The van der Waals surface area contributed by atoms with Gasteiger partial charge in [0.15, 0.2) is 4.90 Å². The fourth-order valence-corrected chi connectivity index (χ4v) is 4.15. The Hall–Kier alpha value is -2.65. The molecule has 0 spiro atoms. The number of nitrogens with one attached hydrogen (secondary N) is 1. The van der Waals surface area contributed by atoms with Gasteiger partial charge in [0.1, 0.15) is 5.82 Å². The highest BCUT2D eigenvalue weighted by atomic mass is 32.2. The topological polar surface area (TPSA) is 111 Å². The molecule has 6 nitrogen and oxygen atoms in total. The van der Waals surface area contributed by atoms with Crippen LogP contribution in [0.3, 0.4) is 0 Å². The number of nitrogens with two attached hydrogens (primary N) is 1. The molecule has 0 saturated carbocycles. The number of hydrogen-bond acceptors (Lipinski definition) is 6. The van der Waals surface area contributed by atoms with E-state index in [1.807, 2.05) is 17.5 Å². The van der Waals surface area contributed by atoms with Crippen LogP contribution in [-0.4, -0.2) is 20.6 Å². The summed E-state index contributed by atoms with van der Waals surface area (Å²) in [6.45, 7) is 0. The fraction of sp³-hybridized carbons (Fsp3) is 0. The number of hydrogen-bond donors (Lipinski definition) is 3. The minimum Gasteiger partial charge on any atom is -0.593 e. The van der Waals surface area contributed by atoms with Crippen LogP contribution >= 0.6 is 11.3 Å². The van der Waals surface area contributed by atoms with Gasteiger partial charge >= 0.3 is 5.97 Å². The summed E-state index contributed by atoms with van der Waals surface area (Å²) in [6, 6.07) is 13.9. The van der Waals surface area contributed by atoms with Gasteiger partial charge in [-0.1, -0.05) is 12.1 Å². The third kappa shape index (κ3) is 2.99. The van der Waals surface area contributed by atoms with E-state index in [9.17, 15) is 14.5 Å². The van der Waals surface area contributed by atoms with E-state index < -0.39 is 17.3 Å². The van der Waals surface area contributed by atoms with Crippen LogP contribution in [0.4, 0.5) is 11.5 Å². The Bertz CT molecular complexity index is 1140. The molecule has 0 aliphatic rings. The summed E-state index contributed by atoms with van der Waals surface area (Å²) in [6.07, 6.45) is 0. The van der Waals surface area contributed by atoms with Crippen molar-refractivity contribution < 1.29 is 14.5 Å². The number of pyridine rings is 1. The van der Waals surface area contributed by atoms with E-state index in [-0.39, 0.29) is 5.56 Å². The first-order valence-electron chi connectivity index (χ1n) is 7.60. The van der Waals surface area contributed by atoms with Gasteiger partial charge in [-0.25, -0.2) is 9.78 Å². The van der Waals surface area contributed by atoms with Crippen LogP contribution in [0, 0.1) is 0 Å². The largest absolute Gasteiger partial charge is 0.593 e. The van der Waals surface area contributed by atoms with E-state index in [0.29, 0.717) is 21.9 Å². The van der Waals surface area contributed by atoms with Crippen molar-refractivity contribution in [3.8, 4) is 0 Å². The van der Waals surface area contributed by atoms with Crippen LogP contribution in [0.1, 0.15) is 10.4 Å². The first kappa shape index (κ1) is 16.8. The molecule has 2 aromatic heterocycles. The Balaban J connectivity index is 1.86. The van der Waals surface area contributed by atoms with E-state index >= 15 is 0 Å². The van der Waals surface area contributed by atoms with Crippen molar-refractivity contribution in [3.05, 3.63) is 59.5 Å². The molecule has 0 amide bonds. The molecule has 0 fully saturated rings. The zero-order valence-electron chi connectivity index (χ0n) is 13.3. The van der Waals surface area contributed by atoms with E-state index in [1.165, 1.54) is 0 Å². The van der Waals surface area contributed by atoms with Crippen molar-refractivity contribution in [1.29, 1.82) is 0 Å². The molecule has 0 aliphatic heterocycles. The molecule has 4 N–H and O–H groups in total. The van der Waals surface area contributed by atoms with Crippen LogP contribution in [0.25, 0.3) is 21.0 Å². The third-order valence-corrected chi connectivity index (χ3v) is 5.64. The molecular formula is C18H13N3O3S2. The molecule has 2 heterocycles. The van der Waals surface area contributed by atoms with Crippen LogP contribution in [0.2, 0.25) is 0 Å². The highest BCUT2D eigenvalue weighted by molar-refractivity contribution is 7.89. The highest BCUT2D eigenvalue weighted by Gasteiger charge is 2.13. The standard InChI is InChI=1S/C18H13N3O3S2/c19-26(24)12-3-1-2-11(9-12)20-17-14-6-7-25-16(14)13-5-4-10(18(22)23)8-15(13)21-17/h1-9H,19H2,(H,20,21)(H,22,23). The quantitative estimate of drug-likeness (QED) is 0.461. The Morgan fingerprint density at radius 1 is 1.19 bits per heavy atom. The zero-order chi connectivity index (χ0) is 18.3.